The van der Waals surface area contributed by atoms with E-state index in [1.807, 2.05) is 6.07 Å². The molecule has 0 aliphatic carbocycles. The Hall–Kier alpha value is -2.13. The molecule has 1 fully saturated rings. The molecule has 1 aromatic carbocycles. The molecule has 0 saturated carbocycles. The molecule has 0 radical (unpaired) electrons. The lowest BCUT2D eigenvalue weighted by Crippen LogP contribution is -2.52. The third-order valence-corrected chi connectivity index (χ3v) is 5.51. The summed E-state index contributed by atoms with van der Waals surface area (Å²) in [4.78, 5) is 12.6. The van der Waals surface area contributed by atoms with Gasteiger partial charge in [0.2, 0.25) is 0 Å². The highest BCUT2D eigenvalue weighted by Crippen LogP contribution is 2.30. The first-order valence-electron chi connectivity index (χ1n) is 9.19. The molecule has 152 valence electrons. The van der Waals surface area contributed by atoms with E-state index in [0.29, 0.717) is 18.0 Å². The number of thiazole rings is 1. The van der Waals surface area contributed by atoms with E-state index in [1.165, 1.54) is 5.56 Å². The molecule has 1 saturated heterocycles. The minimum atomic E-state index is -4.38. The second-order valence-electron chi connectivity index (χ2n) is 6.60. The number of aromatic nitrogens is 1. The summed E-state index contributed by atoms with van der Waals surface area (Å²) in [6, 6.07) is 10.4. The molecular formula is C19H24F3N5S. The van der Waals surface area contributed by atoms with Gasteiger partial charge in [0, 0.05) is 58.1 Å². The molecule has 1 aliphatic heterocycles. The van der Waals surface area contributed by atoms with E-state index < -0.39 is 11.9 Å². The number of aliphatic imine (C=N–C) groups is 1. The zero-order valence-electron chi connectivity index (χ0n) is 15.7. The summed E-state index contributed by atoms with van der Waals surface area (Å²) in [6.45, 7) is 5.05. The topological polar surface area (TPSA) is 43.8 Å². The molecule has 0 spiro atoms. The normalized spacial score (nSPS) is 16.4. The predicted molar refractivity (Wildman–Crippen MR) is 105 cm³/mol. The summed E-state index contributed by atoms with van der Waals surface area (Å²) in [5.41, 5.74) is 0.492. The van der Waals surface area contributed by atoms with Crippen LogP contribution in [0.25, 0.3) is 0 Å². The van der Waals surface area contributed by atoms with Gasteiger partial charge in [-0.05, 0) is 5.56 Å². The molecule has 0 unspecified atom stereocenters. The zero-order valence-corrected chi connectivity index (χ0v) is 16.6. The Labute approximate surface area is 166 Å². The molecule has 0 atom stereocenters. The van der Waals surface area contributed by atoms with Crippen molar-refractivity contribution in [3.05, 3.63) is 52.0 Å². The number of rotatable bonds is 5. The van der Waals surface area contributed by atoms with E-state index in [0.717, 1.165) is 55.4 Å². The Kier molecular flexibility index (Phi) is 6.90. The summed E-state index contributed by atoms with van der Waals surface area (Å²) in [6.07, 6.45) is -3.94. The molecule has 1 aromatic heterocycles. The fourth-order valence-corrected chi connectivity index (χ4v) is 3.93. The van der Waals surface area contributed by atoms with Gasteiger partial charge in [0.1, 0.15) is 0 Å². The Balaban J connectivity index is 1.43. The first-order valence-corrected chi connectivity index (χ1v) is 10.1. The van der Waals surface area contributed by atoms with Crippen LogP contribution in [0.15, 0.2) is 40.7 Å². The monoisotopic (exact) mass is 411 g/mol. The van der Waals surface area contributed by atoms with Crippen LogP contribution >= 0.6 is 11.3 Å². The average molecular weight is 411 g/mol. The van der Waals surface area contributed by atoms with Crippen LogP contribution in [-0.4, -0.2) is 60.5 Å². The van der Waals surface area contributed by atoms with Crippen LogP contribution in [0.5, 0.6) is 0 Å². The van der Waals surface area contributed by atoms with Gasteiger partial charge in [-0.25, -0.2) is 4.98 Å². The summed E-state index contributed by atoms with van der Waals surface area (Å²) < 4.78 is 37.9. The van der Waals surface area contributed by atoms with Gasteiger partial charge in [-0.3, -0.25) is 9.89 Å². The molecular weight excluding hydrogens is 387 g/mol. The van der Waals surface area contributed by atoms with Gasteiger partial charge in [-0.1, -0.05) is 30.3 Å². The second kappa shape index (κ2) is 9.38. The van der Waals surface area contributed by atoms with Crippen LogP contribution in [0.1, 0.15) is 16.3 Å². The number of hydrogen-bond donors (Lipinski definition) is 1. The first kappa shape index (κ1) is 20.6. The molecule has 0 bridgehead atoms. The lowest BCUT2D eigenvalue weighted by molar-refractivity contribution is -0.140. The standard InChI is InChI=1S/C19H24F3N5S/c1-23-18(24-8-7-17-25-16(14-28-17)19(20,21)22)27-11-9-26(10-12-27)13-15-5-3-2-4-6-15/h2-6,14H,7-13H2,1H3,(H,23,24). The van der Waals surface area contributed by atoms with Crippen molar-refractivity contribution in [3.63, 3.8) is 0 Å². The van der Waals surface area contributed by atoms with Gasteiger partial charge in [0.25, 0.3) is 0 Å². The Morgan fingerprint density at radius 3 is 2.50 bits per heavy atom. The number of halogens is 3. The van der Waals surface area contributed by atoms with Crippen molar-refractivity contribution in [2.45, 2.75) is 19.1 Å². The smallest absolute Gasteiger partial charge is 0.356 e. The fraction of sp³-hybridized carbons (Fsp3) is 0.474. The zero-order chi connectivity index (χ0) is 20.0. The van der Waals surface area contributed by atoms with Gasteiger partial charge in [0.15, 0.2) is 11.7 Å². The van der Waals surface area contributed by atoms with Gasteiger partial charge in [0.05, 0.1) is 5.01 Å². The summed E-state index contributed by atoms with van der Waals surface area (Å²) in [7, 11) is 1.73. The maximum atomic E-state index is 12.6. The first-order chi connectivity index (χ1) is 13.5. The van der Waals surface area contributed by atoms with Gasteiger partial charge >= 0.3 is 6.18 Å². The highest BCUT2D eigenvalue weighted by Gasteiger charge is 2.33. The molecule has 0 amide bonds. The number of alkyl halides is 3. The maximum Gasteiger partial charge on any atom is 0.434 e. The summed E-state index contributed by atoms with van der Waals surface area (Å²) in [5.74, 6) is 0.784. The van der Waals surface area contributed by atoms with Crippen molar-refractivity contribution in [1.82, 2.24) is 20.1 Å². The molecule has 2 heterocycles. The molecule has 1 aliphatic rings. The Morgan fingerprint density at radius 1 is 1.18 bits per heavy atom. The fourth-order valence-electron chi connectivity index (χ4n) is 3.13. The molecule has 5 nitrogen and oxygen atoms in total. The van der Waals surface area contributed by atoms with Gasteiger partial charge in [-0.15, -0.1) is 11.3 Å². The van der Waals surface area contributed by atoms with Crippen LogP contribution in [-0.2, 0) is 19.1 Å². The van der Waals surface area contributed by atoms with Crippen LogP contribution in [0.3, 0.4) is 0 Å². The third kappa shape index (κ3) is 5.68. The van der Waals surface area contributed by atoms with Crippen LogP contribution in [0.2, 0.25) is 0 Å². The molecule has 1 N–H and O–H groups in total. The van der Waals surface area contributed by atoms with E-state index in [9.17, 15) is 13.2 Å². The van der Waals surface area contributed by atoms with E-state index in [2.05, 4.69) is 49.4 Å². The van der Waals surface area contributed by atoms with Gasteiger partial charge in [-0.2, -0.15) is 13.2 Å². The largest absolute Gasteiger partial charge is 0.434 e. The van der Waals surface area contributed by atoms with Crippen LogP contribution in [0, 0.1) is 0 Å². The average Bonchev–Trinajstić information content (AvgIpc) is 3.16. The second-order valence-corrected chi connectivity index (χ2v) is 7.54. The molecule has 28 heavy (non-hydrogen) atoms. The van der Waals surface area contributed by atoms with Crippen molar-refractivity contribution in [2.24, 2.45) is 4.99 Å². The van der Waals surface area contributed by atoms with E-state index in [4.69, 9.17) is 0 Å². The Bertz CT molecular complexity index is 767. The van der Waals surface area contributed by atoms with Crippen LogP contribution in [0.4, 0.5) is 13.2 Å². The van der Waals surface area contributed by atoms with Crippen molar-refractivity contribution in [3.8, 4) is 0 Å². The number of piperazine rings is 1. The molecule has 2 aromatic rings. The minimum Gasteiger partial charge on any atom is -0.356 e. The molecule has 3 rings (SSSR count). The lowest BCUT2D eigenvalue weighted by atomic mass is 10.2. The van der Waals surface area contributed by atoms with E-state index in [-0.39, 0.29) is 0 Å². The summed E-state index contributed by atoms with van der Waals surface area (Å²) in [5, 5.41) is 4.78. The number of benzene rings is 1. The number of nitrogens with zero attached hydrogens (tertiary/aromatic N) is 4. The van der Waals surface area contributed by atoms with E-state index >= 15 is 0 Å². The number of nitrogens with one attached hydrogen (secondary N) is 1. The van der Waals surface area contributed by atoms with Crippen molar-refractivity contribution in [2.75, 3.05) is 39.8 Å². The van der Waals surface area contributed by atoms with Crippen LogP contribution < -0.4 is 5.32 Å². The van der Waals surface area contributed by atoms with Crippen molar-refractivity contribution in [1.29, 1.82) is 0 Å². The quantitative estimate of drug-likeness (QED) is 0.607. The van der Waals surface area contributed by atoms with Crippen molar-refractivity contribution >= 4 is 17.3 Å². The molecule has 9 heteroatoms. The maximum absolute atomic E-state index is 12.6. The highest BCUT2D eigenvalue weighted by atomic mass is 32.1. The lowest BCUT2D eigenvalue weighted by Gasteiger charge is -2.36. The van der Waals surface area contributed by atoms with Gasteiger partial charge < -0.3 is 10.2 Å². The SMILES string of the molecule is CN=C(NCCc1nc(C(F)(F)F)cs1)N1CCN(Cc2ccccc2)CC1. The van der Waals surface area contributed by atoms with Crippen molar-refractivity contribution < 1.29 is 13.2 Å². The van der Waals surface area contributed by atoms with E-state index in [1.54, 1.807) is 7.05 Å². The number of guanidine groups is 1. The third-order valence-electron chi connectivity index (χ3n) is 4.60. The number of hydrogen-bond acceptors (Lipinski definition) is 4. The summed E-state index contributed by atoms with van der Waals surface area (Å²) >= 11 is 1.04. The highest BCUT2D eigenvalue weighted by molar-refractivity contribution is 7.09. The Morgan fingerprint density at radius 2 is 1.89 bits per heavy atom. The predicted octanol–water partition coefficient (Wildman–Crippen LogP) is 3.10. The minimum absolute atomic E-state index is 0.438.